The van der Waals surface area contributed by atoms with Crippen LogP contribution in [0.5, 0.6) is 5.75 Å². The molecule has 1 saturated carbocycles. The lowest BCUT2D eigenvalue weighted by Gasteiger charge is -2.22. The van der Waals surface area contributed by atoms with E-state index in [9.17, 15) is 14.4 Å². The Morgan fingerprint density at radius 1 is 1.15 bits per heavy atom. The second kappa shape index (κ2) is 5.86. The number of fused-ring (bicyclic) bond motifs is 3. The molecule has 138 valence electrons. The highest BCUT2D eigenvalue weighted by Gasteiger charge is 2.87. The molecule has 1 aliphatic carbocycles. The van der Waals surface area contributed by atoms with Crippen molar-refractivity contribution in [3.05, 3.63) is 63.6 Å². The van der Waals surface area contributed by atoms with Gasteiger partial charge in [0.25, 0.3) is 0 Å². The van der Waals surface area contributed by atoms with Crippen molar-refractivity contribution in [1.82, 2.24) is 0 Å². The van der Waals surface area contributed by atoms with Crippen LogP contribution in [0.15, 0.2) is 46.9 Å². The van der Waals surface area contributed by atoms with E-state index in [2.05, 4.69) is 15.9 Å². The van der Waals surface area contributed by atoms with Crippen molar-refractivity contribution in [3.8, 4) is 5.75 Å². The van der Waals surface area contributed by atoms with Gasteiger partial charge in [0, 0.05) is 21.5 Å². The van der Waals surface area contributed by atoms with Crippen LogP contribution in [-0.2, 0) is 9.59 Å². The molecule has 1 heterocycles. The number of esters is 1. The first kappa shape index (κ1) is 18.1. The molecule has 0 bridgehead atoms. The van der Waals surface area contributed by atoms with Crippen LogP contribution in [0.25, 0.3) is 0 Å². The second-order valence-electron chi connectivity index (χ2n) is 7.39. The van der Waals surface area contributed by atoms with Crippen LogP contribution in [-0.4, -0.2) is 17.5 Å². The monoisotopic (exact) mass is 426 g/mol. The fraction of sp³-hybridized carbons (Fsp3) is 0.318. The number of rotatable bonds is 4. The quantitative estimate of drug-likeness (QED) is 0.309. The molecule has 0 N–H and O–H groups in total. The SMILES string of the molecule is CC[C@]1(C(=O)c2ccc(C)cc2)[C@H]2c3cc(Br)ccc3OC(=O)[C@@]21C(C)=O. The predicted molar refractivity (Wildman–Crippen MR) is 104 cm³/mol. The number of carbonyl (C=O) groups is 3. The summed E-state index contributed by atoms with van der Waals surface area (Å²) in [5, 5.41) is 0. The van der Waals surface area contributed by atoms with Gasteiger partial charge in [-0.1, -0.05) is 52.7 Å². The number of Topliss-reactive ketones (excluding diaryl/α,β-unsaturated/α-hetero) is 2. The van der Waals surface area contributed by atoms with E-state index in [0.717, 1.165) is 15.6 Å². The van der Waals surface area contributed by atoms with Gasteiger partial charge in [0.05, 0.1) is 5.41 Å². The highest BCUT2D eigenvalue weighted by molar-refractivity contribution is 9.10. The molecule has 0 aromatic heterocycles. The third kappa shape index (κ3) is 2.12. The molecule has 0 amide bonds. The number of ketones is 2. The molecule has 0 spiro atoms. The number of carbonyl (C=O) groups excluding carboxylic acids is 3. The molecule has 4 rings (SSSR count). The maximum absolute atomic E-state index is 13.6. The standard InChI is InChI=1S/C22H19BrO4/c1-4-21(19(25)14-7-5-12(2)6-8-14)18-16-11-15(23)9-10-17(16)27-20(26)22(18,21)13(3)24/h5-11,18H,4H2,1-3H3/t18-,21-,22-/m1/s1. The third-order valence-electron chi connectivity index (χ3n) is 6.19. The molecule has 0 saturated heterocycles. The van der Waals surface area contributed by atoms with E-state index >= 15 is 0 Å². The number of benzene rings is 2. The van der Waals surface area contributed by atoms with E-state index in [1.54, 1.807) is 24.3 Å². The smallest absolute Gasteiger partial charge is 0.326 e. The van der Waals surface area contributed by atoms with Crippen molar-refractivity contribution in [2.24, 2.45) is 10.8 Å². The molecule has 3 atom stereocenters. The van der Waals surface area contributed by atoms with Crippen molar-refractivity contribution < 1.29 is 19.1 Å². The number of hydrogen-bond acceptors (Lipinski definition) is 4. The van der Waals surface area contributed by atoms with Crippen LogP contribution in [0.4, 0.5) is 0 Å². The van der Waals surface area contributed by atoms with Gasteiger partial charge in [-0.2, -0.15) is 0 Å². The van der Waals surface area contributed by atoms with Gasteiger partial charge < -0.3 is 4.74 Å². The van der Waals surface area contributed by atoms with E-state index in [1.165, 1.54) is 6.92 Å². The second-order valence-corrected chi connectivity index (χ2v) is 8.30. The summed E-state index contributed by atoms with van der Waals surface area (Å²) in [5.74, 6) is -1.18. The van der Waals surface area contributed by atoms with Gasteiger partial charge in [-0.15, -0.1) is 0 Å². The van der Waals surface area contributed by atoms with Gasteiger partial charge in [-0.05, 0) is 38.5 Å². The normalized spacial score (nSPS) is 28.0. The Kier molecular flexibility index (Phi) is 3.93. The Morgan fingerprint density at radius 2 is 1.81 bits per heavy atom. The first-order valence-corrected chi connectivity index (χ1v) is 9.74. The van der Waals surface area contributed by atoms with E-state index in [0.29, 0.717) is 17.7 Å². The van der Waals surface area contributed by atoms with E-state index in [1.807, 2.05) is 32.0 Å². The summed E-state index contributed by atoms with van der Waals surface area (Å²) in [6, 6.07) is 12.6. The maximum Gasteiger partial charge on any atom is 0.326 e. The zero-order valence-corrected chi connectivity index (χ0v) is 16.9. The van der Waals surface area contributed by atoms with Crippen LogP contribution < -0.4 is 4.74 Å². The van der Waals surface area contributed by atoms with Gasteiger partial charge in [0.1, 0.15) is 16.9 Å². The Labute approximate surface area is 166 Å². The van der Waals surface area contributed by atoms with Gasteiger partial charge in [-0.25, -0.2) is 0 Å². The Morgan fingerprint density at radius 3 is 2.41 bits per heavy atom. The molecule has 0 unspecified atom stereocenters. The average molecular weight is 427 g/mol. The van der Waals surface area contributed by atoms with E-state index in [4.69, 9.17) is 4.74 Å². The predicted octanol–water partition coefficient (Wildman–Crippen LogP) is 4.63. The van der Waals surface area contributed by atoms with Crippen molar-refractivity contribution in [1.29, 1.82) is 0 Å². The van der Waals surface area contributed by atoms with Gasteiger partial charge >= 0.3 is 5.97 Å². The van der Waals surface area contributed by atoms with Crippen molar-refractivity contribution >= 4 is 33.5 Å². The largest absolute Gasteiger partial charge is 0.425 e. The molecule has 4 nitrogen and oxygen atoms in total. The average Bonchev–Trinajstić information content (AvgIpc) is 3.29. The summed E-state index contributed by atoms with van der Waals surface area (Å²) >= 11 is 3.45. The summed E-state index contributed by atoms with van der Waals surface area (Å²) in [7, 11) is 0. The first-order chi connectivity index (χ1) is 12.8. The van der Waals surface area contributed by atoms with Crippen LogP contribution >= 0.6 is 15.9 Å². The van der Waals surface area contributed by atoms with Crippen LogP contribution in [0.2, 0.25) is 0 Å². The topological polar surface area (TPSA) is 60.4 Å². The number of aryl methyl sites for hydroxylation is 1. The lowest BCUT2D eigenvalue weighted by Crippen LogP contribution is -2.38. The fourth-order valence-corrected chi connectivity index (χ4v) is 5.31. The van der Waals surface area contributed by atoms with Crippen molar-refractivity contribution in [3.63, 3.8) is 0 Å². The molecule has 27 heavy (non-hydrogen) atoms. The van der Waals surface area contributed by atoms with Crippen molar-refractivity contribution in [2.75, 3.05) is 0 Å². The molecular formula is C22H19BrO4. The summed E-state index contributed by atoms with van der Waals surface area (Å²) in [4.78, 5) is 39.4. The van der Waals surface area contributed by atoms with Crippen LogP contribution in [0.1, 0.15) is 47.7 Å². The van der Waals surface area contributed by atoms with Gasteiger partial charge in [0.15, 0.2) is 5.78 Å². The number of halogens is 1. The summed E-state index contributed by atoms with van der Waals surface area (Å²) < 4.78 is 6.35. The molecule has 2 aromatic rings. The summed E-state index contributed by atoms with van der Waals surface area (Å²) in [6.07, 6.45) is 0.380. The maximum atomic E-state index is 13.6. The molecular weight excluding hydrogens is 408 g/mol. The molecule has 2 aromatic carbocycles. The molecule has 0 radical (unpaired) electrons. The Hall–Kier alpha value is -2.27. The highest BCUT2D eigenvalue weighted by Crippen LogP contribution is 2.80. The Bertz CT molecular complexity index is 994. The molecule has 1 fully saturated rings. The minimum absolute atomic E-state index is 0.171. The zero-order valence-electron chi connectivity index (χ0n) is 15.3. The lowest BCUT2D eigenvalue weighted by atomic mass is 9.81. The number of hydrogen-bond donors (Lipinski definition) is 0. The first-order valence-electron chi connectivity index (χ1n) is 8.95. The minimum atomic E-state index is -1.45. The highest BCUT2D eigenvalue weighted by atomic mass is 79.9. The van der Waals surface area contributed by atoms with Crippen LogP contribution in [0.3, 0.4) is 0 Å². The fourth-order valence-electron chi connectivity index (χ4n) is 4.93. The van der Waals surface area contributed by atoms with Crippen molar-refractivity contribution in [2.45, 2.75) is 33.1 Å². The third-order valence-corrected chi connectivity index (χ3v) is 6.68. The van der Waals surface area contributed by atoms with Gasteiger partial charge in [-0.3, -0.25) is 14.4 Å². The number of ether oxygens (including phenoxy) is 1. The van der Waals surface area contributed by atoms with Gasteiger partial charge in [0.2, 0.25) is 0 Å². The summed E-state index contributed by atoms with van der Waals surface area (Å²) in [5.41, 5.74) is -0.266. The summed E-state index contributed by atoms with van der Waals surface area (Å²) in [6.45, 7) is 5.19. The van der Waals surface area contributed by atoms with E-state index in [-0.39, 0.29) is 11.6 Å². The zero-order chi connectivity index (χ0) is 19.6. The van der Waals surface area contributed by atoms with E-state index < -0.39 is 22.7 Å². The molecule has 5 heteroatoms. The minimum Gasteiger partial charge on any atom is -0.425 e. The lowest BCUT2D eigenvalue weighted by molar-refractivity contribution is -0.148. The Balaban J connectivity index is 1.95. The molecule has 2 aliphatic rings. The van der Waals surface area contributed by atoms with Crippen LogP contribution in [0, 0.1) is 17.8 Å². The molecule has 1 aliphatic heterocycles.